The minimum atomic E-state index is 0.0162. The summed E-state index contributed by atoms with van der Waals surface area (Å²) in [5.41, 5.74) is 1.07. The number of likely N-dealkylation sites (tertiary alicyclic amines) is 1. The van der Waals surface area contributed by atoms with Gasteiger partial charge in [0.1, 0.15) is 13.5 Å². The molecule has 0 N–H and O–H groups in total. The Morgan fingerprint density at radius 3 is 2.64 bits per heavy atom. The number of nitrogens with zero attached hydrogens (tertiary/aromatic N) is 2. The number of carbonyl (C=O) groups excluding carboxylic acids is 1. The van der Waals surface area contributed by atoms with Crippen molar-refractivity contribution < 1.29 is 4.79 Å². The van der Waals surface area contributed by atoms with E-state index in [0.717, 1.165) is 25.9 Å². The number of amides is 1. The Morgan fingerprint density at radius 1 is 1.36 bits per heavy atom. The smallest absolute Gasteiger partial charge is 0.272 e. The van der Waals surface area contributed by atoms with Gasteiger partial charge in [0.2, 0.25) is 0 Å². The first-order chi connectivity index (χ1) is 6.77. The van der Waals surface area contributed by atoms with Gasteiger partial charge in [-0.3, -0.25) is 9.78 Å². The Morgan fingerprint density at radius 2 is 2.07 bits per heavy atom. The molecule has 0 bridgehead atoms. The number of hydrogen-bond acceptors (Lipinski definition) is 2. The van der Waals surface area contributed by atoms with Crippen molar-refractivity contribution in [2.24, 2.45) is 0 Å². The van der Waals surface area contributed by atoms with Crippen molar-refractivity contribution in [1.29, 1.82) is 0 Å². The standard InChI is InChI=1S/C10H11BN2O/c11-8-3-4-9(12-7-8)10(14)13-5-1-2-6-13/h3-4,7H,1-2,5-6H2. The first-order valence-electron chi connectivity index (χ1n) is 4.78. The quantitative estimate of drug-likeness (QED) is 0.583. The fourth-order valence-corrected chi connectivity index (χ4v) is 1.61. The lowest BCUT2D eigenvalue weighted by atomic mass is 9.99. The second-order valence-electron chi connectivity index (χ2n) is 3.48. The molecule has 0 saturated carbocycles. The van der Waals surface area contributed by atoms with E-state index in [-0.39, 0.29) is 5.91 Å². The molecule has 0 atom stereocenters. The summed E-state index contributed by atoms with van der Waals surface area (Å²) in [5.74, 6) is 0.0162. The van der Waals surface area contributed by atoms with Crippen LogP contribution in [0.5, 0.6) is 0 Å². The summed E-state index contributed by atoms with van der Waals surface area (Å²) in [6.07, 6.45) is 3.71. The molecule has 1 aliphatic heterocycles. The van der Waals surface area contributed by atoms with E-state index in [1.165, 1.54) is 6.20 Å². The van der Waals surface area contributed by atoms with E-state index >= 15 is 0 Å². The van der Waals surface area contributed by atoms with Crippen LogP contribution in [0.25, 0.3) is 0 Å². The van der Waals surface area contributed by atoms with Gasteiger partial charge in [-0.05, 0) is 18.9 Å². The Kier molecular flexibility index (Phi) is 2.52. The molecule has 2 heterocycles. The highest BCUT2D eigenvalue weighted by Gasteiger charge is 2.19. The second-order valence-corrected chi connectivity index (χ2v) is 3.48. The molecule has 70 valence electrons. The van der Waals surface area contributed by atoms with Gasteiger partial charge in [0.25, 0.3) is 5.91 Å². The predicted molar refractivity (Wildman–Crippen MR) is 54.8 cm³/mol. The van der Waals surface area contributed by atoms with Gasteiger partial charge >= 0.3 is 0 Å². The van der Waals surface area contributed by atoms with Gasteiger partial charge in [-0.15, -0.1) is 0 Å². The van der Waals surface area contributed by atoms with Crippen LogP contribution in [-0.2, 0) is 0 Å². The van der Waals surface area contributed by atoms with Gasteiger partial charge in [0.05, 0.1) is 0 Å². The summed E-state index contributed by atoms with van der Waals surface area (Å²) in [5, 5.41) is 0. The number of pyridine rings is 1. The van der Waals surface area contributed by atoms with Crippen LogP contribution >= 0.6 is 0 Å². The summed E-state index contributed by atoms with van der Waals surface area (Å²) in [6.45, 7) is 1.70. The van der Waals surface area contributed by atoms with Crippen LogP contribution in [0.2, 0.25) is 0 Å². The van der Waals surface area contributed by atoms with Gasteiger partial charge in [-0.1, -0.05) is 11.5 Å². The molecule has 2 radical (unpaired) electrons. The van der Waals surface area contributed by atoms with E-state index < -0.39 is 0 Å². The molecule has 0 aliphatic carbocycles. The third kappa shape index (κ3) is 1.79. The Hall–Kier alpha value is -1.32. The Bertz CT molecular complexity index is 330. The molecule has 1 amide bonds. The number of hydrogen-bond donors (Lipinski definition) is 0. The van der Waals surface area contributed by atoms with Crippen molar-refractivity contribution in [3.05, 3.63) is 24.0 Å². The monoisotopic (exact) mass is 186 g/mol. The third-order valence-electron chi connectivity index (χ3n) is 2.40. The molecule has 1 aromatic rings. The highest BCUT2D eigenvalue weighted by molar-refractivity contribution is 6.32. The Labute approximate surface area is 84.5 Å². The number of aromatic nitrogens is 1. The van der Waals surface area contributed by atoms with Crippen LogP contribution in [0.3, 0.4) is 0 Å². The Balaban J connectivity index is 2.14. The zero-order chi connectivity index (χ0) is 9.97. The molecule has 4 heteroatoms. The molecule has 2 rings (SSSR count). The van der Waals surface area contributed by atoms with E-state index in [2.05, 4.69) is 4.98 Å². The molecular weight excluding hydrogens is 175 g/mol. The number of carbonyl (C=O) groups is 1. The molecule has 0 unspecified atom stereocenters. The summed E-state index contributed by atoms with van der Waals surface area (Å²) < 4.78 is 0. The summed E-state index contributed by atoms with van der Waals surface area (Å²) in [6, 6.07) is 3.38. The minimum Gasteiger partial charge on any atom is -0.337 e. The molecule has 0 aromatic carbocycles. The lowest BCUT2D eigenvalue weighted by molar-refractivity contribution is 0.0787. The summed E-state index contributed by atoms with van der Waals surface area (Å²) in [7, 11) is 5.49. The molecular formula is C10H11BN2O. The van der Waals surface area contributed by atoms with Gasteiger partial charge in [-0.25, -0.2) is 0 Å². The molecule has 14 heavy (non-hydrogen) atoms. The van der Waals surface area contributed by atoms with E-state index in [4.69, 9.17) is 7.85 Å². The summed E-state index contributed by atoms with van der Waals surface area (Å²) in [4.78, 5) is 17.6. The molecule has 1 aliphatic rings. The predicted octanol–water partition coefficient (Wildman–Crippen LogP) is 0.111. The van der Waals surface area contributed by atoms with Gasteiger partial charge in [0, 0.05) is 19.3 Å². The maximum Gasteiger partial charge on any atom is 0.272 e. The second kappa shape index (κ2) is 3.82. The highest BCUT2D eigenvalue weighted by Crippen LogP contribution is 2.10. The zero-order valence-electron chi connectivity index (χ0n) is 7.94. The van der Waals surface area contributed by atoms with E-state index in [9.17, 15) is 4.79 Å². The van der Waals surface area contributed by atoms with Crippen LogP contribution < -0.4 is 5.46 Å². The van der Waals surface area contributed by atoms with Gasteiger partial charge in [-0.2, -0.15) is 0 Å². The topological polar surface area (TPSA) is 33.2 Å². The van der Waals surface area contributed by atoms with E-state index in [0.29, 0.717) is 11.2 Å². The van der Waals surface area contributed by atoms with Crippen LogP contribution in [0, 0.1) is 0 Å². The lowest BCUT2D eigenvalue weighted by Gasteiger charge is -2.14. The SMILES string of the molecule is [B]c1ccc(C(=O)N2CCCC2)nc1. The van der Waals surface area contributed by atoms with Crippen molar-refractivity contribution in [3.8, 4) is 0 Å². The lowest BCUT2D eigenvalue weighted by Crippen LogP contribution is -2.28. The van der Waals surface area contributed by atoms with Crippen molar-refractivity contribution in [2.45, 2.75) is 12.8 Å². The third-order valence-corrected chi connectivity index (χ3v) is 2.40. The first-order valence-corrected chi connectivity index (χ1v) is 4.78. The molecule has 1 saturated heterocycles. The van der Waals surface area contributed by atoms with Crippen LogP contribution in [0.4, 0.5) is 0 Å². The molecule has 1 fully saturated rings. The van der Waals surface area contributed by atoms with Crippen LogP contribution in [0.1, 0.15) is 23.3 Å². The van der Waals surface area contributed by atoms with Crippen molar-refractivity contribution >= 4 is 19.2 Å². The van der Waals surface area contributed by atoms with E-state index in [1.807, 2.05) is 4.90 Å². The highest BCUT2D eigenvalue weighted by atomic mass is 16.2. The van der Waals surface area contributed by atoms with Crippen molar-refractivity contribution in [3.63, 3.8) is 0 Å². The largest absolute Gasteiger partial charge is 0.337 e. The normalized spacial score (nSPS) is 15.9. The first kappa shape index (κ1) is 9.25. The van der Waals surface area contributed by atoms with Crippen LogP contribution in [-0.4, -0.2) is 36.7 Å². The average Bonchev–Trinajstić information content (AvgIpc) is 2.71. The maximum absolute atomic E-state index is 11.8. The van der Waals surface area contributed by atoms with Crippen molar-refractivity contribution in [2.75, 3.05) is 13.1 Å². The fourth-order valence-electron chi connectivity index (χ4n) is 1.61. The maximum atomic E-state index is 11.8. The van der Waals surface area contributed by atoms with Gasteiger partial charge in [0.15, 0.2) is 0 Å². The number of rotatable bonds is 1. The van der Waals surface area contributed by atoms with E-state index in [1.54, 1.807) is 12.1 Å². The van der Waals surface area contributed by atoms with Crippen molar-refractivity contribution in [1.82, 2.24) is 9.88 Å². The summed E-state index contributed by atoms with van der Waals surface area (Å²) >= 11 is 0. The minimum absolute atomic E-state index is 0.0162. The van der Waals surface area contributed by atoms with Crippen LogP contribution in [0.15, 0.2) is 18.3 Å². The average molecular weight is 186 g/mol. The molecule has 0 spiro atoms. The molecule has 1 aromatic heterocycles. The fraction of sp³-hybridized carbons (Fsp3) is 0.400. The molecule has 3 nitrogen and oxygen atoms in total. The van der Waals surface area contributed by atoms with Gasteiger partial charge < -0.3 is 4.90 Å². The zero-order valence-corrected chi connectivity index (χ0v) is 7.94.